The number of ether oxygens (including phenoxy) is 1. The second-order valence-electron chi connectivity index (χ2n) is 5.38. The van der Waals surface area contributed by atoms with Gasteiger partial charge in [0.1, 0.15) is 9.77 Å². The molecule has 10 heteroatoms. The van der Waals surface area contributed by atoms with E-state index in [4.69, 9.17) is 0 Å². The first-order chi connectivity index (χ1) is 12.4. The molecule has 0 aromatic carbocycles. The predicted molar refractivity (Wildman–Crippen MR) is 96.1 cm³/mol. The summed E-state index contributed by atoms with van der Waals surface area (Å²) in [5, 5.41) is 5.62. The van der Waals surface area contributed by atoms with Crippen LogP contribution in [0.25, 0.3) is 11.3 Å². The first-order valence-corrected chi connectivity index (χ1v) is 9.86. The SMILES string of the molecule is COC(=O)c1sccc1S(=O)(=O)NCc1ccc(-c2cnn(C)c2)nc1. The minimum absolute atomic E-state index is 0.0463. The molecule has 0 radical (unpaired) electrons. The normalized spacial score (nSPS) is 11.5. The Kier molecular flexibility index (Phi) is 5.16. The van der Waals surface area contributed by atoms with Crippen LogP contribution in [-0.2, 0) is 28.4 Å². The Morgan fingerprint density at radius 2 is 2.12 bits per heavy atom. The van der Waals surface area contributed by atoms with Gasteiger partial charge < -0.3 is 4.74 Å². The number of carbonyl (C=O) groups excluding carboxylic acids is 1. The zero-order valence-electron chi connectivity index (χ0n) is 14.0. The molecule has 0 aliphatic heterocycles. The number of hydrogen-bond acceptors (Lipinski definition) is 7. The molecule has 3 rings (SSSR count). The van der Waals surface area contributed by atoms with E-state index >= 15 is 0 Å². The maximum atomic E-state index is 12.5. The minimum atomic E-state index is -3.84. The standard InChI is InChI=1S/C16H16N4O4S2/c1-20-10-12(9-18-20)13-4-3-11(7-17-13)8-19-26(22,23)14-5-6-25-15(14)16(21)24-2/h3-7,9-10,19H,8H2,1-2H3. The third kappa shape index (κ3) is 3.82. The molecule has 1 N–H and O–H groups in total. The molecular formula is C16H16N4O4S2. The Morgan fingerprint density at radius 1 is 1.31 bits per heavy atom. The number of carbonyl (C=O) groups is 1. The Labute approximate surface area is 154 Å². The molecule has 26 heavy (non-hydrogen) atoms. The number of sulfonamides is 1. The number of hydrogen-bond donors (Lipinski definition) is 1. The molecular weight excluding hydrogens is 376 g/mol. The lowest BCUT2D eigenvalue weighted by Gasteiger charge is -2.07. The van der Waals surface area contributed by atoms with Crippen LogP contribution >= 0.6 is 11.3 Å². The van der Waals surface area contributed by atoms with Gasteiger partial charge >= 0.3 is 5.97 Å². The average Bonchev–Trinajstić information content (AvgIpc) is 3.29. The van der Waals surface area contributed by atoms with Crippen LogP contribution < -0.4 is 4.72 Å². The van der Waals surface area contributed by atoms with Crippen LogP contribution in [0.15, 0.2) is 47.1 Å². The molecule has 0 aliphatic rings. The zero-order valence-corrected chi connectivity index (χ0v) is 15.7. The summed E-state index contributed by atoms with van der Waals surface area (Å²) in [6, 6.07) is 4.96. The summed E-state index contributed by atoms with van der Waals surface area (Å²) in [6.45, 7) is 0.0547. The topological polar surface area (TPSA) is 103 Å². The molecule has 0 saturated heterocycles. The monoisotopic (exact) mass is 392 g/mol. The molecule has 3 heterocycles. The fourth-order valence-corrected chi connectivity index (χ4v) is 4.61. The number of pyridine rings is 1. The van der Waals surface area contributed by atoms with Gasteiger partial charge in [-0.2, -0.15) is 5.10 Å². The van der Waals surface area contributed by atoms with Crippen molar-refractivity contribution in [3.8, 4) is 11.3 Å². The van der Waals surface area contributed by atoms with Crippen LogP contribution in [0.3, 0.4) is 0 Å². The summed E-state index contributed by atoms with van der Waals surface area (Å²) in [7, 11) is -0.813. The number of rotatable bonds is 6. The van der Waals surface area contributed by atoms with Crippen molar-refractivity contribution in [2.75, 3.05) is 7.11 Å². The highest BCUT2D eigenvalue weighted by Gasteiger charge is 2.24. The molecule has 0 bridgehead atoms. The lowest BCUT2D eigenvalue weighted by atomic mass is 10.2. The largest absolute Gasteiger partial charge is 0.465 e. The number of nitrogens with one attached hydrogen (secondary N) is 1. The molecule has 8 nitrogen and oxygen atoms in total. The first kappa shape index (κ1) is 18.2. The molecule has 3 aromatic rings. The van der Waals surface area contributed by atoms with Crippen molar-refractivity contribution in [3.05, 3.63) is 52.6 Å². The van der Waals surface area contributed by atoms with Gasteiger partial charge in [0.15, 0.2) is 0 Å². The Bertz CT molecular complexity index is 1020. The van der Waals surface area contributed by atoms with Crippen LogP contribution in [0.5, 0.6) is 0 Å². The number of aromatic nitrogens is 3. The number of methoxy groups -OCH3 is 1. The number of esters is 1. The number of nitrogens with zero attached hydrogens (tertiary/aromatic N) is 3. The van der Waals surface area contributed by atoms with Crippen molar-refractivity contribution in [1.82, 2.24) is 19.5 Å². The fraction of sp³-hybridized carbons (Fsp3) is 0.188. The molecule has 0 spiro atoms. The molecule has 0 atom stereocenters. The van der Waals surface area contributed by atoms with Gasteiger partial charge in [-0.15, -0.1) is 11.3 Å². The smallest absolute Gasteiger partial charge is 0.349 e. The van der Waals surface area contributed by atoms with E-state index in [9.17, 15) is 13.2 Å². The van der Waals surface area contributed by atoms with Crippen molar-refractivity contribution in [1.29, 1.82) is 0 Å². The molecule has 0 amide bonds. The summed E-state index contributed by atoms with van der Waals surface area (Å²) >= 11 is 1.02. The third-order valence-electron chi connectivity index (χ3n) is 3.58. The van der Waals surface area contributed by atoms with Crippen molar-refractivity contribution >= 4 is 27.3 Å². The maximum absolute atomic E-state index is 12.5. The van der Waals surface area contributed by atoms with Crippen molar-refractivity contribution in [2.24, 2.45) is 7.05 Å². The van der Waals surface area contributed by atoms with E-state index in [1.807, 2.05) is 13.2 Å². The van der Waals surface area contributed by atoms with Crippen LogP contribution in [0, 0.1) is 0 Å². The summed E-state index contributed by atoms with van der Waals surface area (Å²) in [5.41, 5.74) is 2.31. The van der Waals surface area contributed by atoms with Crippen molar-refractivity contribution in [2.45, 2.75) is 11.4 Å². The van der Waals surface area contributed by atoms with Crippen molar-refractivity contribution < 1.29 is 17.9 Å². The minimum Gasteiger partial charge on any atom is -0.465 e. The van der Waals surface area contributed by atoms with Gasteiger partial charge in [0, 0.05) is 31.5 Å². The second kappa shape index (κ2) is 7.36. The van der Waals surface area contributed by atoms with Crippen LogP contribution in [0.4, 0.5) is 0 Å². The maximum Gasteiger partial charge on any atom is 0.349 e. The lowest BCUT2D eigenvalue weighted by Crippen LogP contribution is -2.24. The first-order valence-electron chi connectivity index (χ1n) is 7.50. The van der Waals surface area contributed by atoms with E-state index in [2.05, 4.69) is 19.5 Å². The van der Waals surface area contributed by atoms with E-state index in [-0.39, 0.29) is 16.3 Å². The van der Waals surface area contributed by atoms with E-state index in [0.29, 0.717) is 5.56 Å². The van der Waals surface area contributed by atoms with Crippen LogP contribution in [-0.4, -0.2) is 36.3 Å². The Morgan fingerprint density at radius 3 is 2.73 bits per heavy atom. The Hall–Kier alpha value is -2.56. The van der Waals surface area contributed by atoms with Gasteiger partial charge in [-0.1, -0.05) is 6.07 Å². The van der Waals surface area contributed by atoms with Crippen molar-refractivity contribution in [3.63, 3.8) is 0 Å². The highest BCUT2D eigenvalue weighted by Crippen LogP contribution is 2.23. The van der Waals surface area contributed by atoms with E-state index in [1.165, 1.54) is 18.6 Å². The highest BCUT2D eigenvalue weighted by molar-refractivity contribution is 7.89. The van der Waals surface area contributed by atoms with E-state index < -0.39 is 16.0 Å². The molecule has 136 valence electrons. The quantitative estimate of drug-likeness (QED) is 0.642. The summed E-state index contributed by atoms with van der Waals surface area (Å²) in [5.74, 6) is -0.678. The molecule has 0 saturated carbocycles. The van der Waals surface area contributed by atoms with Gasteiger partial charge in [-0.05, 0) is 23.1 Å². The van der Waals surface area contributed by atoms with E-state index in [0.717, 1.165) is 22.6 Å². The van der Waals surface area contributed by atoms with Gasteiger partial charge in [-0.3, -0.25) is 9.67 Å². The van der Waals surface area contributed by atoms with Gasteiger partial charge in [0.2, 0.25) is 10.0 Å². The van der Waals surface area contributed by atoms with E-state index in [1.54, 1.807) is 29.2 Å². The lowest BCUT2D eigenvalue weighted by molar-refractivity contribution is 0.0602. The highest BCUT2D eigenvalue weighted by atomic mass is 32.2. The fourth-order valence-electron chi connectivity index (χ4n) is 2.26. The predicted octanol–water partition coefficient (Wildman–Crippen LogP) is 1.81. The third-order valence-corrected chi connectivity index (χ3v) is 6.05. The zero-order chi connectivity index (χ0) is 18.7. The summed E-state index contributed by atoms with van der Waals surface area (Å²) in [4.78, 5) is 16.0. The molecule has 3 aromatic heterocycles. The van der Waals surface area contributed by atoms with Crippen LogP contribution in [0.2, 0.25) is 0 Å². The molecule has 0 fully saturated rings. The second-order valence-corrected chi connectivity index (χ2v) is 8.04. The summed E-state index contributed by atoms with van der Waals surface area (Å²) in [6.07, 6.45) is 5.14. The molecule has 0 unspecified atom stereocenters. The number of thiophene rings is 1. The average molecular weight is 392 g/mol. The van der Waals surface area contributed by atoms with Gasteiger partial charge in [0.05, 0.1) is 19.0 Å². The van der Waals surface area contributed by atoms with Gasteiger partial charge in [0.25, 0.3) is 0 Å². The molecule has 0 aliphatic carbocycles. The Balaban J connectivity index is 1.72. The number of aryl methyl sites for hydroxylation is 1. The summed E-state index contributed by atoms with van der Waals surface area (Å²) < 4.78 is 33.7. The van der Waals surface area contributed by atoms with Gasteiger partial charge in [-0.25, -0.2) is 17.9 Å². The van der Waals surface area contributed by atoms with Crippen LogP contribution in [0.1, 0.15) is 15.2 Å².